The minimum Gasteiger partial charge on any atom is -0.462 e. The standard InChI is InChI=1S/C75H128O6/c1-4-7-10-13-16-19-22-25-27-29-30-31-32-33-34-35-36-37-38-39-40-41-42-43-44-46-47-50-53-56-59-62-65-68-74(77)80-71-72(70-79-73(76)67-64-61-58-55-52-49-24-21-18-15-12-9-6-3)81-75(78)69-66-63-60-57-54-51-48-45-28-26-23-20-17-14-11-8-5-2/h7-8,10-11,16-17,19-20,25-28,30-31,33-34,48,51,72H,4-6,9,12-15,18,21-24,29,32,35-47,49-50,52-71H2,1-3H3/b10-7-,11-8-,19-16-,20-17-,27-25-,28-26-,31-30-,34-33-,51-48-. The first kappa shape index (κ1) is 77.1. The first-order chi connectivity index (χ1) is 40.0. The molecule has 464 valence electrons. The van der Waals surface area contributed by atoms with Crippen molar-refractivity contribution in [3.8, 4) is 0 Å². The maximum atomic E-state index is 12.9. The molecule has 0 aromatic carbocycles. The molecule has 0 heterocycles. The number of ether oxygens (including phenoxy) is 3. The zero-order chi connectivity index (χ0) is 58.5. The number of carbonyl (C=O) groups excluding carboxylic acids is 3. The molecule has 6 nitrogen and oxygen atoms in total. The Labute approximate surface area is 501 Å². The monoisotopic (exact) mass is 1120 g/mol. The molecule has 81 heavy (non-hydrogen) atoms. The van der Waals surface area contributed by atoms with Gasteiger partial charge in [-0.1, -0.05) is 316 Å². The first-order valence-electron chi connectivity index (χ1n) is 34.4. The molecule has 0 aromatic rings. The average Bonchev–Trinajstić information content (AvgIpc) is 3.46. The van der Waals surface area contributed by atoms with Crippen LogP contribution in [0.2, 0.25) is 0 Å². The molecular formula is C75H128O6. The van der Waals surface area contributed by atoms with Crippen molar-refractivity contribution >= 4 is 17.9 Å². The van der Waals surface area contributed by atoms with Crippen LogP contribution in [-0.2, 0) is 28.6 Å². The minimum absolute atomic E-state index is 0.0839. The van der Waals surface area contributed by atoms with E-state index in [9.17, 15) is 14.4 Å². The van der Waals surface area contributed by atoms with Crippen molar-refractivity contribution in [3.05, 3.63) is 109 Å². The van der Waals surface area contributed by atoms with Crippen molar-refractivity contribution in [2.75, 3.05) is 13.2 Å². The normalized spacial score (nSPS) is 12.8. The van der Waals surface area contributed by atoms with E-state index in [0.717, 1.165) is 128 Å². The Hall–Kier alpha value is -3.93. The lowest BCUT2D eigenvalue weighted by molar-refractivity contribution is -0.167. The summed E-state index contributed by atoms with van der Waals surface area (Å²) in [4.78, 5) is 38.3. The topological polar surface area (TPSA) is 78.9 Å². The molecular weight excluding hydrogens is 997 g/mol. The van der Waals surface area contributed by atoms with Gasteiger partial charge in [-0.25, -0.2) is 0 Å². The largest absolute Gasteiger partial charge is 0.462 e. The van der Waals surface area contributed by atoms with E-state index >= 15 is 0 Å². The summed E-state index contributed by atoms with van der Waals surface area (Å²) in [7, 11) is 0. The van der Waals surface area contributed by atoms with Crippen LogP contribution in [0.3, 0.4) is 0 Å². The molecule has 0 radical (unpaired) electrons. The van der Waals surface area contributed by atoms with E-state index in [0.29, 0.717) is 19.3 Å². The van der Waals surface area contributed by atoms with Gasteiger partial charge in [0.25, 0.3) is 0 Å². The highest BCUT2D eigenvalue weighted by Gasteiger charge is 2.19. The maximum Gasteiger partial charge on any atom is 0.306 e. The summed E-state index contributed by atoms with van der Waals surface area (Å²) in [6, 6.07) is 0. The molecule has 1 unspecified atom stereocenters. The maximum absolute atomic E-state index is 12.9. The summed E-state index contributed by atoms with van der Waals surface area (Å²) in [5.41, 5.74) is 0. The summed E-state index contributed by atoms with van der Waals surface area (Å²) < 4.78 is 16.9. The molecule has 0 aliphatic heterocycles. The van der Waals surface area contributed by atoms with Crippen LogP contribution >= 0.6 is 0 Å². The number of esters is 3. The lowest BCUT2D eigenvalue weighted by Gasteiger charge is -2.18. The fourth-order valence-corrected chi connectivity index (χ4v) is 9.70. The number of carbonyl (C=O) groups is 3. The minimum atomic E-state index is -0.790. The summed E-state index contributed by atoms with van der Waals surface area (Å²) >= 11 is 0. The molecule has 0 saturated carbocycles. The lowest BCUT2D eigenvalue weighted by atomic mass is 10.0. The van der Waals surface area contributed by atoms with E-state index in [1.807, 2.05) is 0 Å². The van der Waals surface area contributed by atoms with E-state index in [2.05, 4.69) is 130 Å². The van der Waals surface area contributed by atoms with Crippen LogP contribution in [0.4, 0.5) is 0 Å². The van der Waals surface area contributed by atoms with E-state index in [-0.39, 0.29) is 31.1 Å². The molecule has 0 bridgehead atoms. The van der Waals surface area contributed by atoms with Crippen molar-refractivity contribution in [1.82, 2.24) is 0 Å². The number of rotatable bonds is 62. The predicted octanol–water partition coefficient (Wildman–Crippen LogP) is 23.8. The molecule has 0 saturated heterocycles. The number of unbranched alkanes of at least 4 members (excludes halogenated alkanes) is 33. The fourth-order valence-electron chi connectivity index (χ4n) is 9.70. The molecule has 0 fully saturated rings. The third kappa shape index (κ3) is 66.8. The summed E-state index contributed by atoms with van der Waals surface area (Å²) in [6.45, 7) is 6.42. The summed E-state index contributed by atoms with van der Waals surface area (Å²) in [5, 5.41) is 0. The third-order valence-corrected chi connectivity index (χ3v) is 14.8. The Morgan fingerprint density at radius 1 is 0.259 bits per heavy atom. The van der Waals surface area contributed by atoms with Gasteiger partial charge in [0.2, 0.25) is 0 Å². The summed E-state index contributed by atoms with van der Waals surface area (Å²) in [5.74, 6) is -0.894. The zero-order valence-electron chi connectivity index (χ0n) is 53.3. The molecule has 0 aliphatic rings. The van der Waals surface area contributed by atoms with Gasteiger partial charge in [0, 0.05) is 19.3 Å². The van der Waals surface area contributed by atoms with Crippen LogP contribution in [0.25, 0.3) is 0 Å². The van der Waals surface area contributed by atoms with Gasteiger partial charge in [-0.05, 0) is 103 Å². The highest BCUT2D eigenvalue weighted by atomic mass is 16.6. The highest BCUT2D eigenvalue weighted by Crippen LogP contribution is 2.17. The second-order valence-corrected chi connectivity index (χ2v) is 22.7. The van der Waals surface area contributed by atoms with Gasteiger partial charge >= 0.3 is 17.9 Å². The quantitative estimate of drug-likeness (QED) is 0.0261. The molecule has 0 spiro atoms. The Kier molecular flexibility index (Phi) is 65.2. The molecule has 0 aliphatic carbocycles. The van der Waals surface area contributed by atoms with Crippen LogP contribution < -0.4 is 0 Å². The van der Waals surface area contributed by atoms with Gasteiger partial charge in [0.1, 0.15) is 13.2 Å². The molecule has 0 N–H and O–H groups in total. The van der Waals surface area contributed by atoms with Crippen LogP contribution in [-0.4, -0.2) is 37.2 Å². The van der Waals surface area contributed by atoms with Crippen LogP contribution in [0.5, 0.6) is 0 Å². The average molecular weight is 1130 g/mol. The molecule has 0 rings (SSSR count). The Morgan fingerprint density at radius 2 is 0.481 bits per heavy atom. The number of hydrogen-bond acceptors (Lipinski definition) is 6. The molecule has 1 atom stereocenters. The Bertz CT molecular complexity index is 1620. The zero-order valence-corrected chi connectivity index (χ0v) is 53.3. The van der Waals surface area contributed by atoms with E-state index in [4.69, 9.17) is 14.2 Å². The van der Waals surface area contributed by atoms with Gasteiger partial charge in [-0.15, -0.1) is 0 Å². The number of allylic oxidation sites excluding steroid dienone is 18. The Balaban J connectivity index is 4.19. The van der Waals surface area contributed by atoms with Gasteiger partial charge in [0.05, 0.1) is 0 Å². The predicted molar refractivity (Wildman–Crippen MR) is 353 cm³/mol. The summed E-state index contributed by atoms with van der Waals surface area (Å²) in [6.07, 6.45) is 94.0. The second-order valence-electron chi connectivity index (χ2n) is 22.7. The first-order valence-corrected chi connectivity index (χ1v) is 34.4. The second kappa shape index (κ2) is 68.6. The van der Waals surface area contributed by atoms with E-state index < -0.39 is 6.10 Å². The van der Waals surface area contributed by atoms with Crippen molar-refractivity contribution in [3.63, 3.8) is 0 Å². The smallest absolute Gasteiger partial charge is 0.306 e. The van der Waals surface area contributed by atoms with Crippen LogP contribution in [0.15, 0.2) is 109 Å². The molecule has 0 aromatic heterocycles. The van der Waals surface area contributed by atoms with Crippen LogP contribution in [0, 0.1) is 0 Å². The van der Waals surface area contributed by atoms with E-state index in [1.54, 1.807) is 0 Å². The third-order valence-electron chi connectivity index (χ3n) is 14.8. The van der Waals surface area contributed by atoms with Gasteiger partial charge in [-0.2, -0.15) is 0 Å². The van der Waals surface area contributed by atoms with Crippen molar-refractivity contribution in [2.45, 2.75) is 335 Å². The number of hydrogen-bond donors (Lipinski definition) is 0. The molecule has 6 heteroatoms. The van der Waals surface area contributed by atoms with Crippen molar-refractivity contribution < 1.29 is 28.6 Å². The van der Waals surface area contributed by atoms with Crippen molar-refractivity contribution in [1.29, 1.82) is 0 Å². The Morgan fingerprint density at radius 3 is 0.753 bits per heavy atom. The van der Waals surface area contributed by atoms with E-state index in [1.165, 1.54) is 161 Å². The molecule has 0 amide bonds. The van der Waals surface area contributed by atoms with Gasteiger partial charge in [0.15, 0.2) is 6.10 Å². The highest BCUT2D eigenvalue weighted by molar-refractivity contribution is 5.71. The van der Waals surface area contributed by atoms with Gasteiger partial charge < -0.3 is 14.2 Å². The SMILES string of the molecule is CC/C=C\C/C=C\C/C=C\C/C=C\C/C=C\CCCCCCCCCCCCCCCCCCCC(=O)OCC(COC(=O)CCCCCCCCCCCCCCC)OC(=O)CCCCCC/C=C\C/C=C\C/C=C\C/C=C\CC. The lowest BCUT2D eigenvalue weighted by Crippen LogP contribution is -2.30. The fraction of sp³-hybridized carbons (Fsp3) is 0.720. The van der Waals surface area contributed by atoms with Crippen LogP contribution in [0.1, 0.15) is 329 Å². The van der Waals surface area contributed by atoms with Crippen molar-refractivity contribution in [2.24, 2.45) is 0 Å². The van der Waals surface area contributed by atoms with Gasteiger partial charge in [-0.3, -0.25) is 14.4 Å².